The third kappa shape index (κ3) is 3.33. The molecule has 0 aromatic heterocycles. The number of anilines is 1. The summed E-state index contributed by atoms with van der Waals surface area (Å²) < 4.78 is 0.0428. The molecule has 1 aliphatic rings. The monoisotopic (exact) mass is 293 g/mol. The molecule has 0 bridgehead atoms. The van der Waals surface area contributed by atoms with Crippen LogP contribution < -0.4 is 4.90 Å². The minimum Gasteiger partial charge on any atom is -0.478 e. The largest absolute Gasteiger partial charge is 0.478 e. The number of hydrogen-bond donors (Lipinski definition) is 1. The van der Waals surface area contributed by atoms with E-state index in [4.69, 9.17) is 5.11 Å². The Labute approximate surface area is 123 Å². The number of fused-ring (bicyclic) bond motifs is 1. The Balaban J connectivity index is 2.16. The summed E-state index contributed by atoms with van der Waals surface area (Å²) >= 11 is 1.61. The Hall–Kier alpha value is -1.49. The number of carboxylic acids is 1. The molecule has 0 fully saturated rings. The van der Waals surface area contributed by atoms with Gasteiger partial charge in [0.1, 0.15) is 0 Å². The maximum Gasteiger partial charge on any atom is 0.335 e. The summed E-state index contributed by atoms with van der Waals surface area (Å²) in [5, 5.41) is 9.04. The molecule has 1 N–H and O–H groups in total. The van der Waals surface area contributed by atoms with Crippen molar-refractivity contribution in [3.8, 4) is 0 Å². The molecule has 20 heavy (non-hydrogen) atoms. The van der Waals surface area contributed by atoms with Crippen LogP contribution in [-0.2, 0) is 11.2 Å². The van der Waals surface area contributed by atoms with Crippen LogP contribution in [0.3, 0.4) is 0 Å². The lowest BCUT2D eigenvalue weighted by atomic mass is 10.1. The molecule has 4 nitrogen and oxygen atoms in total. The van der Waals surface area contributed by atoms with E-state index in [0.717, 1.165) is 17.7 Å². The highest BCUT2D eigenvalue weighted by atomic mass is 32.2. The second-order valence-corrected chi connectivity index (χ2v) is 7.65. The molecule has 2 rings (SSSR count). The first-order chi connectivity index (χ1) is 9.28. The lowest BCUT2D eigenvalue weighted by Gasteiger charge is -2.21. The fourth-order valence-electron chi connectivity index (χ4n) is 2.13. The summed E-state index contributed by atoms with van der Waals surface area (Å²) in [7, 11) is 0. The average Bonchev–Trinajstić information content (AvgIpc) is 2.77. The van der Waals surface area contributed by atoms with Crippen molar-refractivity contribution in [3.05, 3.63) is 29.3 Å². The molecule has 0 unspecified atom stereocenters. The Morgan fingerprint density at radius 1 is 1.35 bits per heavy atom. The van der Waals surface area contributed by atoms with Gasteiger partial charge >= 0.3 is 5.97 Å². The second-order valence-electron chi connectivity index (χ2n) is 5.85. The zero-order valence-electron chi connectivity index (χ0n) is 12.0. The Morgan fingerprint density at radius 2 is 2.05 bits per heavy atom. The number of amides is 1. The number of rotatable bonds is 3. The van der Waals surface area contributed by atoms with E-state index in [1.165, 1.54) is 0 Å². The van der Waals surface area contributed by atoms with Gasteiger partial charge in [0.25, 0.3) is 0 Å². The van der Waals surface area contributed by atoms with Crippen LogP contribution >= 0.6 is 11.8 Å². The first-order valence-electron chi connectivity index (χ1n) is 6.58. The lowest BCUT2D eigenvalue weighted by Crippen LogP contribution is -2.31. The highest BCUT2D eigenvalue weighted by Crippen LogP contribution is 2.31. The van der Waals surface area contributed by atoms with E-state index in [-0.39, 0.29) is 16.2 Å². The molecule has 0 atom stereocenters. The zero-order chi connectivity index (χ0) is 14.9. The van der Waals surface area contributed by atoms with Gasteiger partial charge in [0.2, 0.25) is 5.91 Å². The van der Waals surface area contributed by atoms with Gasteiger partial charge in [-0.1, -0.05) is 26.8 Å². The van der Waals surface area contributed by atoms with Crippen molar-refractivity contribution < 1.29 is 14.7 Å². The molecular formula is C15H19NO3S. The number of thioether (sulfide) groups is 1. The van der Waals surface area contributed by atoms with E-state index in [1.807, 2.05) is 6.07 Å². The first kappa shape index (κ1) is 14.9. The molecule has 1 amide bonds. The van der Waals surface area contributed by atoms with Gasteiger partial charge in [-0.2, -0.15) is 0 Å². The molecule has 0 spiro atoms. The first-order valence-corrected chi connectivity index (χ1v) is 7.57. The van der Waals surface area contributed by atoms with Gasteiger partial charge in [0.15, 0.2) is 0 Å². The van der Waals surface area contributed by atoms with Crippen molar-refractivity contribution in [2.75, 3.05) is 17.2 Å². The SMILES string of the molecule is CC(C)(C)SCC(=O)N1CCc2ccc(C(=O)O)cc21. The van der Waals surface area contributed by atoms with E-state index in [9.17, 15) is 9.59 Å². The minimum absolute atomic E-state index is 0.0428. The summed E-state index contributed by atoms with van der Waals surface area (Å²) in [4.78, 5) is 25.0. The van der Waals surface area contributed by atoms with Crippen LogP contribution in [0.25, 0.3) is 0 Å². The molecule has 0 aliphatic carbocycles. The fraction of sp³-hybridized carbons (Fsp3) is 0.467. The summed E-state index contributed by atoms with van der Waals surface area (Å²) in [5.41, 5.74) is 2.03. The number of nitrogens with zero attached hydrogens (tertiary/aromatic N) is 1. The van der Waals surface area contributed by atoms with E-state index in [1.54, 1.807) is 28.8 Å². The van der Waals surface area contributed by atoms with Crippen LogP contribution in [0.4, 0.5) is 5.69 Å². The number of carbonyl (C=O) groups is 2. The fourth-order valence-corrected chi connectivity index (χ4v) is 2.84. The average molecular weight is 293 g/mol. The van der Waals surface area contributed by atoms with Gasteiger partial charge in [-0.25, -0.2) is 4.79 Å². The van der Waals surface area contributed by atoms with Crippen molar-refractivity contribution in [1.82, 2.24) is 0 Å². The Morgan fingerprint density at radius 3 is 2.65 bits per heavy atom. The number of hydrogen-bond acceptors (Lipinski definition) is 3. The van der Waals surface area contributed by atoms with Crippen LogP contribution in [0.1, 0.15) is 36.7 Å². The van der Waals surface area contributed by atoms with E-state index < -0.39 is 5.97 Å². The standard InChI is InChI=1S/C15H19NO3S/c1-15(2,3)20-9-13(17)16-7-6-10-4-5-11(14(18)19)8-12(10)16/h4-5,8H,6-7,9H2,1-3H3,(H,18,19). The quantitative estimate of drug-likeness (QED) is 0.931. The number of benzene rings is 1. The molecule has 1 aliphatic heterocycles. The predicted molar refractivity (Wildman–Crippen MR) is 81.7 cm³/mol. The van der Waals surface area contributed by atoms with Gasteiger partial charge in [-0.05, 0) is 24.1 Å². The second kappa shape index (κ2) is 5.48. The maximum atomic E-state index is 12.3. The third-order valence-electron chi connectivity index (χ3n) is 3.16. The summed E-state index contributed by atoms with van der Waals surface area (Å²) in [6.45, 7) is 6.87. The van der Waals surface area contributed by atoms with Crippen molar-refractivity contribution in [1.29, 1.82) is 0 Å². The van der Waals surface area contributed by atoms with Crippen LogP contribution in [0, 0.1) is 0 Å². The van der Waals surface area contributed by atoms with Crippen molar-refractivity contribution in [2.45, 2.75) is 31.9 Å². The van der Waals surface area contributed by atoms with Crippen LogP contribution in [0.5, 0.6) is 0 Å². The third-order valence-corrected chi connectivity index (χ3v) is 4.41. The summed E-state index contributed by atoms with van der Waals surface area (Å²) in [5.74, 6) is -0.498. The lowest BCUT2D eigenvalue weighted by molar-refractivity contribution is -0.116. The van der Waals surface area contributed by atoms with Crippen LogP contribution in [-0.4, -0.2) is 34.0 Å². The van der Waals surface area contributed by atoms with Crippen LogP contribution in [0.15, 0.2) is 18.2 Å². The predicted octanol–water partition coefficient (Wildman–Crippen LogP) is 2.81. The molecule has 5 heteroatoms. The molecular weight excluding hydrogens is 274 g/mol. The van der Waals surface area contributed by atoms with Gasteiger partial charge in [-0.15, -0.1) is 11.8 Å². The molecule has 1 aromatic rings. The number of carbonyl (C=O) groups excluding carboxylic acids is 1. The molecule has 0 radical (unpaired) electrons. The van der Waals surface area contributed by atoms with Crippen molar-refractivity contribution >= 4 is 29.3 Å². The highest BCUT2D eigenvalue weighted by Gasteiger charge is 2.26. The van der Waals surface area contributed by atoms with E-state index in [2.05, 4.69) is 20.8 Å². The minimum atomic E-state index is -0.962. The smallest absolute Gasteiger partial charge is 0.335 e. The summed E-state index contributed by atoms with van der Waals surface area (Å²) in [6, 6.07) is 5.01. The highest BCUT2D eigenvalue weighted by molar-refractivity contribution is 8.01. The Bertz CT molecular complexity index is 549. The topological polar surface area (TPSA) is 57.6 Å². The maximum absolute atomic E-state index is 12.3. The summed E-state index contributed by atoms with van der Waals surface area (Å²) in [6.07, 6.45) is 0.793. The van der Waals surface area contributed by atoms with Crippen molar-refractivity contribution in [3.63, 3.8) is 0 Å². The van der Waals surface area contributed by atoms with Gasteiger partial charge < -0.3 is 10.0 Å². The van der Waals surface area contributed by atoms with Gasteiger partial charge in [0, 0.05) is 17.0 Å². The molecule has 0 saturated carbocycles. The molecule has 0 saturated heterocycles. The van der Waals surface area contributed by atoms with Gasteiger partial charge in [0.05, 0.1) is 11.3 Å². The normalized spacial score (nSPS) is 14.2. The van der Waals surface area contributed by atoms with E-state index in [0.29, 0.717) is 12.3 Å². The Kier molecular flexibility index (Phi) is 4.09. The number of aromatic carboxylic acids is 1. The molecule has 1 heterocycles. The van der Waals surface area contributed by atoms with Crippen molar-refractivity contribution in [2.24, 2.45) is 0 Å². The zero-order valence-corrected chi connectivity index (χ0v) is 12.8. The van der Waals surface area contributed by atoms with Crippen LogP contribution in [0.2, 0.25) is 0 Å². The van der Waals surface area contributed by atoms with E-state index >= 15 is 0 Å². The molecule has 1 aromatic carbocycles. The van der Waals surface area contributed by atoms with Gasteiger partial charge in [-0.3, -0.25) is 4.79 Å². The molecule has 108 valence electrons. The number of carboxylic acid groups (broad SMARTS) is 1.